The highest BCUT2D eigenvalue weighted by Gasteiger charge is 2.56. The van der Waals surface area contributed by atoms with Gasteiger partial charge in [-0.05, 0) is 79.5 Å². The molecule has 0 aliphatic heterocycles. The minimum atomic E-state index is -1.27. The van der Waals surface area contributed by atoms with E-state index in [-0.39, 0.29) is 11.4 Å². The molecule has 5 aromatic rings. The first kappa shape index (κ1) is 27.1. The third-order valence-corrected chi connectivity index (χ3v) is 7.27. The van der Waals surface area contributed by atoms with Crippen LogP contribution in [0.4, 0.5) is 20.2 Å². The molecule has 0 unspecified atom stereocenters. The topological polar surface area (TPSA) is 96.8 Å². The minimum Gasteiger partial charge on any atom is -0.452 e. The van der Waals surface area contributed by atoms with Gasteiger partial charge in [-0.3, -0.25) is 9.59 Å². The fourth-order valence-electron chi connectivity index (χ4n) is 4.88. The highest BCUT2D eigenvalue weighted by molar-refractivity contribution is 6.16. The van der Waals surface area contributed by atoms with Gasteiger partial charge in [0.25, 0.3) is 0 Å². The van der Waals surface area contributed by atoms with Crippen molar-refractivity contribution >= 4 is 28.7 Å². The highest BCUT2D eigenvalue weighted by atomic mass is 19.1. The molecule has 1 fully saturated rings. The first-order valence-corrected chi connectivity index (χ1v) is 13.4. The van der Waals surface area contributed by atoms with Gasteiger partial charge in [0.1, 0.15) is 16.7 Å². The molecule has 2 amide bonds. The summed E-state index contributed by atoms with van der Waals surface area (Å²) in [5.74, 6) is -1.77. The zero-order valence-corrected chi connectivity index (χ0v) is 22.7. The van der Waals surface area contributed by atoms with Crippen LogP contribution in [-0.2, 0) is 16.1 Å². The average molecular weight is 568 g/mol. The second-order valence-corrected chi connectivity index (χ2v) is 10.2. The lowest BCUT2D eigenvalue weighted by molar-refractivity contribution is -0.131. The number of halogens is 2. The van der Waals surface area contributed by atoms with Crippen LogP contribution in [0.25, 0.3) is 16.6 Å². The summed E-state index contributed by atoms with van der Waals surface area (Å²) in [5, 5.41) is 12.8. The Labute approximate surface area is 240 Å². The zero-order chi connectivity index (χ0) is 29.3. The van der Waals surface area contributed by atoms with Crippen molar-refractivity contribution in [1.82, 2.24) is 14.9 Å². The molecule has 1 saturated carbocycles. The molecule has 1 aliphatic rings. The van der Waals surface area contributed by atoms with Crippen molar-refractivity contribution in [3.05, 3.63) is 108 Å². The summed E-state index contributed by atoms with van der Waals surface area (Å²) in [7, 11) is 1.89. The molecule has 3 aromatic carbocycles. The largest absolute Gasteiger partial charge is 0.452 e. The standard InChI is InChI=1S/C32H27F2N5O3/c1-35-19-20-3-2-4-21(17-20)25-12-16-39-29(25)28(11-15-36-39)42-27-10-9-24(18-26(27)34)38-31(41)32(13-14-32)30(40)37-23-7-5-22(33)6-8-23/h2-12,15-18,35H,13-14,19H2,1H3,(H,37,40)(H,38,41). The van der Waals surface area contributed by atoms with E-state index >= 15 is 4.39 Å². The van der Waals surface area contributed by atoms with Crippen LogP contribution >= 0.6 is 0 Å². The Morgan fingerprint density at radius 3 is 2.36 bits per heavy atom. The van der Waals surface area contributed by atoms with Crippen molar-refractivity contribution in [1.29, 1.82) is 0 Å². The fourth-order valence-corrected chi connectivity index (χ4v) is 4.88. The number of carbonyl (C=O) groups is 2. The maximum absolute atomic E-state index is 15.2. The fraction of sp³-hybridized carbons (Fsp3) is 0.156. The molecule has 2 heterocycles. The Morgan fingerprint density at radius 2 is 1.64 bits per heavy atom. The molecule has 3 N–H and O–H groups in total. The molecule has 0 spiro atoms. The lowest BCUT2D eigenvalue weighted by Crippen LogP contribution is -2.35. The molecule has 0 radical (unpaired) electrons. The average Bonchev–Trinajstić information content (AvgIpc) is 3.69. The number of fused-ring (bicyclic) bond motifs is 1. The Hall–Kier alpha value is -5.09. The number of rotatable bonds is 9. The molecular weight excluding hydrogens is 540 g/mol. The summed E-state index contributed by atoms with van der Waals surface area (Å²) in [6.07, 6.45) is 4.09. The number of nitrogens with one attached hydrogen (secondary N) is 3. The number of nitrogens with zero attached hydrogens (tertiary/aromatic N) is 2. The van der Waals surface area contributed by atoms with E-state index in [2.05, 4.69) is 27.1 Å². The number of aromatic nitrogens is 2. The zero-order valence-electron chi connectivity index (χ0n) is 22.7. The predicted molar refractivity (Wildman–Crippen MR) is 155 cm³/mol. The molecule has 212 valence electrons. The molecule has 2 aromatic heterocycles. The van der Waals surface area contributed by atoms with E-state index in [4.69, 9.17) is 4.74 Å². The van der Waals surface area contributed by atoms with Gasteiger partial charge in [0.15, 0.2) is 17.3 Å². The van der Waals surface area contributed by atoms with Gasteiger partial charge in [-0.15, -0.1) is 0 Å². The quantitative estimate of drug-likeness (QED) is 0.186. The van der Waals surface area contributed by atoms with E-state index in [1.54, 1.807) is 16.8 Å². The van der Waals surface area contributed by atoms with Crippen molar-refractivity contribution < 1.29 is 23.1 Å². The maximum Gasteiger partial charge on any atom is 0.240 e. The molecular formula is C32H27F2N5O3. The van der Waals surface area contributed by atoms with E-state index in [1.807, 2.05) is 37.5 Å². The lowest BCUT2D eigenvalue weighted by atomic mass is 10.0. The van der Waals surface area contributed by atoms with Gasteiger partial charge >= 0.3 is 0 Å². The molecule has 0 saturated heterocycles. The Balaban J connectivity index is 1.19. The molecule has 8 nitrogen and oxygen atoms in total. The summed E-state index contributed by atoms with van der Waals surface area (Å²) in [6, 6.07) is 21.1. The van der Waals surface area contributed by atoms with E-state index in [1.165, 1.54) is 36.4 Å². The Morgan fingerprint density at radius 1 is 0.905 bits per heavy atom. The number of benzene rings is 3. The molecule has 1 aliphatic carbocycles. The molecule has 6 rings (SSSR count). The summed E-state index contributed by atoms with van der Waals surface area (Å²) in [5.41, 5.74) is 2.96. The van der Waals surface area contributed by atoms with Gasteiger partial charge in [0.05, 0.1) is 6.20 Å². The molecule has 10 heteroatoms. The van der Waals surface area contributed by atoms with Gasteiger partial charge in [0.2, 0.25) is 11.8 Å². The van der Waals surface area contributed by atoms with Crippen LogP contribution in [0.15, 0.2) is 91.3 Å². The minimum absolute atomic E-state index is 0.0348. The number of carbonyl (C=O) groups excluding carboxylic acids is 2. The number of hydrogen-bond donors (Lipinski definition) is 3. The first-order valence-electron chi connectivity index (χ1n) is 13.4. The summed E-state index contributed by atoms with van der Waals surface area (Å²) >= 11 is 0. The molecule has 0 atom stereocenters. The van der Waals surface area contributed by atoms with Crippen LogP contribution < -0.4 is 20.7 Å². The number of ether oxygens (including phenoxy) is 1. The lowest BCUT2D eigenvalue weighted by Gasteiger charge is -2.16. The van der Waals surface area contributed by atoms with Crippen molar-refractivity contribution in [2.75, 3.05) is 17.7 Å². The smallest absolute Gasteiger partial charge is 0.240 e. The van der Waals surface area contributed by atoms with E-state index in [9.17, 15) is 14.0 Å². The highest BCUT2D eigenvalue weighted by Crippen LogP contribution is 2.47. The van der Waals surface area contributed by atoms with Crippen LogP contribution in [-0.4, -0.2) is 28.5 Å². The Kier molecular flexibility index (Phi) is 7.13. The first-order chi connectivity index (χ1) is 20.4. The van der Waals surface area contributed by atoms with E-state index < -0.39 is 28.9 Å². The maximum atomic E-state index is 15.2. The Bertz CT molecular complexity index is 1800. The van der Waals surface area contributed by atoms with Gasteiger partial charge in [-0.1, -0.05) is 18.2 Å². The van der Waals surface area contributed by atoms with Crippen LogP contribution in [0.2, 0.25) is 0 Å². The van der Waals surface area contributed by atoms with Crippen molar-refractivity contribution in [2.24, 2.45) is 5.41 Å². The van der Waals surface area contributed by atoms with Gasteiger partial charge in [-0.25, -0.2) is 13.3 Å². The normalized spacial score (nSPS) is 13.5. The van der Waals surface area contributed by atoms with Gasteiger partial charge in [0, 0.05) is 41.8 Å². The third kappa shape index (κ3) is 5.31. The number of anilines is 2. The SMILES string of the molecule is CNCc1cccc(-c2ccn3nccc(Oc4ccc(NC(=O)C5(C(=O)Nc6ccc(F)cc6)CC5)cc4F)c23)c1. The van der Waals surface area contributed by atoms with Crippen molar-refractivity contribution in [3.8, 4) is 22.6 Å². The van der Waals surface area contributed by atoms with Crippen LogP contribution in [0.3, 0.4) is 0 Å². The van der Waals surface area contributed by atoms with Gasteiger partial charge in [-0.2, -0.15) is 5.10 Å². The van der Waals surface area contributed by atoms with E-state index in [0.29, 0.717) is 29.8 Å². The van der Waals surface area contributed by atoms with Crippen molar-refractivity contribution in [3.63, 3.8) is 0 Å². The van der Waals surface area contributed by atoms with Crippen LogP contribution in [0, 0.1) is 17.0 Å². The van der Waals surface area contributed by atoms with Gasteiger partial charge < -0.3 is 20.7 Å². The van der Waals surface area contributed by atoms with E-state index in [0.717, 1.165) is 29.3 Å². The number of hydrogen-bond acceptors (Lipinski definition) is 5. The van der Waals surface area contributed by atoms with Crippen LogP contribution in [0.5, 0.6) is 11.5 Å². The second kappa shape index (κ2) is 11.1. The second-order valence-electron chi connectivity index (χ2n) is 10.2. The third-order valence-electron chi connectivity index (χ3n) is 7.27. The summed E-state index contributed by atoms with van der Waals surface area (Å²) in [4.78, 5) is 25.9. The summed E-state index contributed by atoms with van der Waals surface area (Å²) < 4.78 is 36.1. The molecule has 0 bridgehead atoms. The molecule has 42 heavy (non-hydrogen) atoms. The van der Waals surface area contributed by atoms with Crippen LogP contribution in [0.1, 0.15) is 18.4 Å². The monoisotopic (exact) mass is 567 g/mol. The van der Waals surface area contributed by atoms with Crippen molar-refractivity contribution in [2.45, 2.75) is 19.4 Å². The summed E-state index contributed by atoms with van der Waals surface area (Å²) in [6.45, 7) is 0.718. The number of amides is 2. The predicted octanol–water partition coefficient (Wildman–Crippen LogP) is 6.15.